The molecule has 0 aliphatic heterocycles. The number of anilines is 1. The molecular weight excluding hydrogens is 245 g/mol. The molecule has 1 rings (SSSR count). The van der Waals surface area contributed by atoms with Gasteiger partial charge in [-0.2, -0.15) is 4.98 Å². The van der Waals surface area contributed by atoms with Gasteiger partial charge in [0.05, 0.1) is 6.16 Å². The van der Waals surface area contributed by atoms with Crippen molar-refractivity contribution in [2.45, 2.75) is 19.9 Å². The van der Waals surface area contributed by atoms with Crippen LogP contribution in [0.25, 0.3) is 0 Å². The summed E-state index contributed by atoms with van der Waals surface area (Å²) in [5.74, 6) is 0.139. The topological polar surface area (TPSA) is 118 Å². The molecule has 1 heterocycles. The second kappa shape index (κ2) is 5.44. The first-order valence-electron chi connectivity index (χ1n) is 5.15. The first-order chi connectivity index (χ1) is 7.78. The van der Waals surface area contributed by atoms with Crippen LogP contribution in [0, 0.1) is 5.92 Å². The Balaban J connectivity index is 2.59. The fourth-order valence-corrected chi connectivity index (χ4v) is 2.17. The summed E-state index contributed by atoms with van der Waals surface area (Å²) in [4.78, 5) is 32.4. The van der Waals surface area contributed by atoms with Crippen molar-refractivity contribution in [2.75, 3.05) is 11.9 Å². The minimum absolute atomic E-state index is 0.0225. The lowest BCUT2D eigenvalue weighted by Gasteiger charge is -2.13. The van der Waals surface area contributed by atoms with E-state index in [-0.39, 0.29) is 17.9 Å². The van der Waals surface area contributed by atoms with Crippen LogP contribution in [0.5, 0.6) is 0 Å². The van der Waals surface area contributed by atoms with Crippen LogP contribution in [0.1, 0.15) is 13.3 Å². The van der Waals surface area contributed by atoms with Gasteiger partial charge in [0.2, 0.25) is 0 Å². The van der Waals surface area contributed by atoms with Gasteiger partial charge in [-0.25, -0.2) is 4.79 Å². The van der Waals surface area contributed by atoms with E-state index >= 15 is 0 Å². The van der Waals surface area contributed by atoms with Crippen molar-refractivity contribution in [3.05, 3.63) is 22.7 Å². The molecule has 7 nitrogen and oxygen atoms in total. The molecule has 8 heteroatoms. The molecule has 0 amide bonds. The van der Waals surface area contributed by atoms with Crippen LogP contribution in [0.15, 0.2) is 17.1 Å². The zero-order chi connectivity index (χ0) is 13.1. The van der Waals surface area contributed by atoms with Crippen LogP contribution in [0.4, 0.5) is 5.82 Å². The van der Waals surface area contributed by atoms with Crippen molar-refractivity contribution in [2.24, 2.45) is 5.92 Å². The molecule has 0 saturated carbocycles. The Morgan fingerprint density at radius 1 is 1.59 bits per heavy atom. The van der Waals surface area contributed by atoms with Crippen molar-refractivity contribution in [3.8, 4) is 0 Å². The molecule has 0 radical (unpaired) electrons. The molecule has 17 heavy (non-hydrogen) atoms. The minimum Gasteiger partial charge on any atom is -0.383 e. The summed E-state index contributed by atoms with van der Waals surface area (Å²) in [5.41, 5.74) is 4.90. The molecule has 0 aliphatic carbocycles. The summed E-state index contributed by atoms with van der Waals surface area (Å²) >= 11 is 0. The molecule has 0 aromatic carbocycles. The SMILES string of the molecule is CC(CCP(=O)(O)O)Cn1ccc(N)nc1=O. The number of aromatic nitrogens is 2. The van der Waals surface area contributed by atoms with E-state index in [0.29, 0.717) is 13.0 Å². The van der Waals surface area contributed by atoms with Crippen LogP contribution in [-0.4, -0.2) is 25.5 Å². The molecule has 1 aromatic heterocycles. The van der Waals surface area contributed by atoms with Gasteiger partial charge in [-0.15, -0.1) is 0 Å². The lowest BCUT2D eigenvalue weighted by atomic mass is 10.1. The van der Waals surface area contributed by atoms with E-state index < -0.39 is 13.3 Å². The predicted octanol–water partition coefficient (Wildman–Crippen LogP) is 0.0294. The molecule has 96 valence electrons. The number of nitrogens with two attached hydrogens (primary N) is 1. The number of hydrogen-bond donors (Lipinski definition) is 3. The zero-order valence-electron chi connectivity index (χ0n) is 9.48. The third-order valence-electron chi connectivity index (χ3n) is 2.32. The summed E-state index contributed by atoms with van der Waals surface area (Å²) in [6.07, 6.45) is 1.70. The van der Waals surface area contributed by atoms with Crippen LogP contribution in [0.3, 0.4) is 0 Å². The van der Waals surface area contributed by atoms with Gasteiger partial charge in [0.25, 0.3) is 0 Å². The van der Waals surface area contributed by atoms with E-state index in [4.69, 9.17) is 15.5 Å². The quantitative estimate of drug-likeness (QED) is 0.643. The Labute approximate surface area is 98.5 Å². The Morgan fingerprint density at radius 2 is 2.24 bits per heavy atom. The largest absolute Gasteiger partial charge is 0.383 e. The van der Waals surface area contributed by atoms with Gasteiger partial charge in [0, 0.05) is 12.7 Å². The fourth-order valence-electron chi connectivity index (χ4n) is 1.40. The summed E-state index contributed by atoms with van der Waals surface area (Å²) in [6.45, 7) is 2.19. The maximum absolute atomic E-state index is 11.4. The summed E-state index contributed by atoms with van der Waals surface area (Å²) in [6, 6.07) is 1.51. The van der Waals surface area contributed by atoms with Gasteiger partial charge in [0.1, 0.15) is 5.82 Å². The maximum Gasteiger partial charge on any atom is 0.349 e. The third-order valence-corrected chi connectivity index (χ3v) is 3.16. The van der Waals surface area contributed by atoms with Gasteiger partial charge in [0.15, 0.2) is 0 Å². The Hall–Kier alpha value is -1.17. The molecule has 0 aliphatic rings. The highest BCUT2D eigenvalue weighted by Crippen LogP contribution is 2.36. The van der Waals surface area contributed by atoms with E-state index in [0.717, 1.165) is 0 Å². The van der Waals surface area contributed by atoms with Crippen molar-refractivity contribution in [3.63, 3.8) is 0 Å². The van der Waals surface area contributed by atoms with E-state index in [9.17, 15) is 9.36 Å². The lowest BCUT2D eigenvalue weighted by molar-refractivity contribution is 0.361. The second-order valence-corrected chi connectivity index (χ2v) is 5.85. The van der Waals surface area contributed by atoms with E-state index in [1.165, 1.54) is 16.8 Å². The first-order valence-corrected chi connectivity index (χ1v) is 6.95. The number of nitrogen functional groups attached to an aromatic ring is 1. The van der Waals surface area contributed by atoms with Crippen molar-refractivity contribution in [1.29, 1.82) is 0 Å². The van der Waals surface area contributed by atoms with Gasteiger partial charge in [-0.3, -0.25) is 9.13 Å². The number of hydrogen-bond acceptors (Lipinski definition) is 4. The molecule has 0 spiro atoms. The van der Waals surface area contributed by atoms with Crippen molar-refractivity contribution >= 4 is 13.4 Å². The number of rotatable bonds is 5. The van der Waals surface area contributed by atoms with Crippen LogP contribution < -0.4 is 11.4 Å². The average Bonchev–Trinajstić information content (AvgIpc) is 2.18. The molecule has 1 unspecified atom stereocenters. The minimum atomic E-state index is -3.97. The Morgan fingerprint density at radius 3 is 2.76 bits per heavy atom. The smallest absolute Gasteiger partial charge is 0.349 e. The summed E-state index contributed by atoms with van der Waals surface area (Å²) in [7, 11) is -3.97. The molecule has 0 saturated heterocycles. The predicted molar refractivity (Wildman–Crippen MR) is 63.6 cm³/mol. The highest BCUT2D eigenvalue weighted by Gasteiger charge is 2.15. The molecule has 0 fully saturated rings. The average molecular weight is 261 g/mol. The molecule has 4 N–H and O–H groups in total. The summed E-state index contributed by atoms with van der Waals surface area (Å²) in [5, 5.41) is 0. The monoisotopic (exact) mass is 261 g/mol. The Bertz CT molecular complexity index is 481. The van der Waals surface area contributed by atoms with Crippen LogP contribution >= 0.6 is 7.60 Å². The molecule has 1 aromatic rings. The highest BCUT2D eigenvalue weighted by atomic mass is 31.2. The Kier molecular flexibility index (Phi) is 4.45. The van der Waals surface area contributed by atoms with Gasteiger partial charge in [-0.1, -0.05) is 6.92 Å². The van der Waals surface area contributed by atoms with Crippen molar-refractivity contribution < 1.29 is 14.4 Å². The molecule has 1 atom stereocenters. The second-order valence-electron chi connectivity index (χ2n) is 4.07. The van der Waals surface area contributed by atoms with Crippen molar-refractivity contribution in [1.82, 2.24) is 9.55 Å². The highest BCUT2D eigenvalue weighted by molar-refractivity contribution is 7.51. The standard InChI is InChI=1S/C9H16N3O4P/c1-7(3-5-17(14,15)16)6-12-4-2-8(10)11-9(12)13/h2,4,7H,3,5-6H2,1H3,(H2,10,11,13)(H2,14,15,16). The van der Waals surface area contributed by atoms with Crippen LogP contribution in [0.2, 0.25) is 0 Å². The molecular formula is C9H16N3O4P. The lowest BCUT2D eigenvalue weighted by Crippen LogP contribution is -2.25. The third kappa shape index (κ3) is 5.12. The zero-order valence-corrected chi connectivity index (χ0v) is 10.4. The normalized spacial score (nSPS) is 13.6. The van der Waals surface area contributed by atoms with Gasteiger partial charge >= 0.3 is 13.3 Å². The van der Waals surface area contributed by atoms with E-state index in [2.05, 4.69) is 4.98 Å². The van der Waals surface area contributed by atoms with E-state index in [1.807, 2.05) is 6.92 Å². The summed E-state index contributed by atoms with van der Waals surface area (Å²) < 4.78 is 12.1. The fraction of sp³-hybridized carbons (Fsp3) is 0.556. The van der Waals surface area contributed by atoms with Gasteiger partial charge in [-0.05, 0) is 18.4 Å². The first kappa shape index (κ1) is 13.9. The number of nitrogens with zero attached hydrogens (tertiary/aromatic N) is 2. The van der Waals surface area contributed by atoms with Gasteiger partial charge < -0.3 is 15.5 Å². The van der Waals surface area contributed by atoms with E-state index in [1.54, 1.807) is 0 Å². The maximum atomic E-state index is 11.4. The molecule has 0 bridgehead atoms. The van der Waals surface area contributed by atoms with Crippen LogP contribution in [-0.2, 0) is 11.1 Å².